The minimum absolute atomic E-state index is 0.0784. The zero-order valence-corrected chi connectivity index (χ0v) is 27.4. The predicted molar refractivity (Wildman–Crippen MR) is 160 cm³/mol. The number of hydrogen-bond donors (Lipinski definition) is 1. The van der Waals surface area contributed by atoms with Crippen LogP contribution in [0.5, 0.6) is 0 Å². The Labute approximate surface area is 249 Å². The van der Waals surface area contributed by atoms with Gasteiger partial charge in [0.2, 0.25) is 5.91 Å². The molecule has 5 aliphatic rings. The Balaban J connectivity index is 0.000000868. The van der Waals surface area contributed by atoms with E-state index in [1.807, 2.05) is 34.6 Å². The van der Waals surface area contributed by atoms with Gasteiger partial charge in [0.1, 0.15) is 5.76 Å². The lowest BCUT2D eigenvalue weighted by Crippen LogP contribution is -2.65. The number of alkyl halides is 3. The Morgan fingerprint density at radius 2 is 1.59 bits per heavy atom. The lowest BCUT2D eigenvalue weighted by atomic mass is 9.33. The molecule has 0 aromatic rings. The third-order valence-corrected chi connectivity index (χ3v) is 13.4. The van der Waals surface area contributed by atoms with Gasteiger partial charge in [-0.05, 0) is 111 Å². The monoisotopic (exact) mass is 601 g/mol. The summed E-state index contributed by atoms with van der Waals surface area (Å²) >= 11 is -3.35. The number of fused-ring (bicyclic) bond motifs is 7. The zero-order valence-electron chi connectivity index (χ0n) is 26.6. The van der Waals surface area contributed by atoms with Crippen LogP contribution in [0.2, 0.25) is 0 Å². The Morgan fingerprint density at radius 1 is 0.976 bits per heavy atom. The third-order valence-electron chi connectivity index (χ3n) is 12.7. The van der Waals surface area contributed by atoms with Crippen LogP contribution in [-0.4, -0.2) is 15.6 Å². The molecule has 4 fully saturated rings. The number of allylic oxidation sites excluding steroid dienone is 3. The Kier molecular flexibility index (Phi) is 9.71. The fourth-order valence-electron chi connectivity index (χ4n) is 10.9. The summed E-state index contributed by atoms with van der Waals surface area (Å²) in [6, 6.07) is 0. The smallest absolute Gasteiger partial charge is 0.398 e. The van der Waals surface area contributed by atoms with E-state index >= 15 is 0 Å². The first-order valence-corrected chi connectivity index (χ1v) is 16.8. The average Bonchev–Trinajstić information content (AvgIpc) is 3.33. The molecular formula is C33H54F3NO3S. The van der Waals surface area contributed by atoms with Gasteiger partial charge in [0, 0.05) is 5.41 Å². The van der Waals surface area contributed by atoms with Gasteiger partial charge < -0.3 is 9.92 Å². The van der Waals surface area contributed by atoms with Crippen molar-refractivity contribution >= 4 is 17.0 Å². The van der Waals surface area contributed by atoms with E-state index in [1.165, 1.54) is 0 Å². The van der Waals surface area contributed by atoms with Gasteiger partial charge >= 0.3 is 16.6 Å². The van der Waals surface area contributed by atoms with Crippen LogP contribution in [0, 0.1) is 50.7 Å². The number of amides is 1. The molecule has 0 saturated heterocycles. The van der Waals surface area contributed by atoms with Gasteiger partial charge in [0.15, 0.2) is 0 Å². The summed E-state index contributed by atoms with van der Waals surface area (Å²) in [5.74, 6) is 1.56. The fraction of sp³-hybridized carbons (Fsp3) is 0.848. The first-order chi connectivity index (χ1) is 19.0. The Bertz CT molecular complexity index is 1060. The topological polar surface area (TPSA) is 69.4 Å². The maximum Gasteiger partial charge on any atom is 0.508 e. The summed E-state index contributed by atoms with van der Waals surface area (Å²) in [4.78, 5) is 12.7. The quantitative estimate of drug-likeness (QED) is 0.328. The Morgan fingerprint density at radius 3 is 2.15 bits per heavy atom. The number of primary amides is 1. The maximum absolute atomic E-state index is 13.0. The van der Waals surface area contributed by atoms with Crippen molar-refractivity contribution in [2.24, 2.45) is 56.5 Å². The van der Waals surface area contributed by atoms with Crippen LogP contribution in [0.3, 0.4) is 0 Å². The Hall–Kier alpha value is -1.31. The molecule has 0 aromatic heterocycles. The number of nitrogens with two attached hydrogens (primary N) is 1. The van der Waals surface area contributed by atoms with Crippen LogP contribution in [0.4, 0.5) is 13.2 Å². The standard InChI is InChI=1S/C28H42F3NO3S.C3H6.C2H6/c1-23(2)19-10-14-26(5)20(24(19,3)13-11-21(23)35-36(34)28(29,30)31)9-8-17-18-7-6-12-27(18,22(32)33)16-15-25(17,26)4;1-3-2;1-2/h11,17-20H,6-10,12-16H2,1-5H3,(H2,32,33);3H,1H2,2H3;1-2H3/t17?,18?,19?,20?,24?,25-,26?,27?,36?;;/m1../s1. The van der Waals surface area contributed by atoms with Crippen molar-refractivity contribution in [3.8, 4) is 0 Å². The molecule has 41 heavy (non-hydrogen) atoms. The number of hydrogen-bond acceptors (Lipinski definition) is 3. The van der Waals surface area contributed by atoms with E-state index in [9.17, 15) is 22.2 Å². The first-order valence-electron chi connectivity index (χ1n) is 15.7. The summed E-state index contributed by atoms with van der Waals surface area (Å²) < 4.78 is 55.9. The van der Waals surface area contributed by atoms with Crippen molar-refractivity contribution in [2.45, 2.75) is 125 Å². The average molecular weight is 602 g/mol. The van der Waals surface area contributed by atoms with E-state index in [4.69, 9.17) is 9.92 Å². The van der Waals surface area contributed by atoms with Crippen LogP contribution in [0.15, 0.2) is 24.5 Å². The minimum atomic E-state index is -4.89. The van der Waals surface area contributed by atoms with Gasteiger partial charge in [0.05, 0.1) is 5.41 Å². The number of rotatable bonds is 3. The van der Waals surface area contributed by atoms with Gasteiger partial charge in [-0.3, -0.25) is 4.79 Å². The molecule has 5 rings (SSSR count). The lowest BCUT2D eigenvalue weighted by molar-refractivity contribution is -0.225. The highest BCUT2D eigenvalue weighted by molar-refractivity contribution is 7.81. The van der Waals surface area contributed by atoms with Gasteiger partial charge in [-0.1, -0.05) is 61.0 Å². The molecule has 5 aliphatic carbocycles. The molecule has 0 radical (unpaired) electrons. The summed E-state index contributed by atoms with van der Waals surface area (Å²) in [6.07, 6.45) is 13.3. The fourth-order valence-corrected chi connectivity index (χ4v) is 11.4. The molecule has 4 nitrogen and oxygen atoms in total. The number of carbonyl (C=O) groups is 1. The van der Waals surface area contributed by atoms with E-state index in [0.717, 1.165) is 57.8 Å². The van der Waals surface area contributed by atoms with Gasteiger partial charge in [-0.2, -0.15) is 13.2 Å². The molecule has 8 heteroatoms. The van der Waals surface area contributed by atoms with E-state index in [0.29, 0.717) is 24.2 Å². The summed E-state index contributed by atoms with van der Waals surface area (Å²) in [5.41, 5.74) is 0.303. The molecule has 1 amide bonds. The van der Waals surface area contributed by atoms with Gasteiger partial charge in [-0.15, -0.1) is 6.58 Å². The first kappa shape index (κ1) is 34.2. The molecule has 236 valence electrons. The van der Waals surface area contributed by atoms with Crippen LogP contribution in [-0.2, 0) is 20.1 Å². The van der Waals surface area contributed by atoms with E-state index in [2.05, 4.69) is 27.4 Å². The maximum atomic E-state index is 13.0. The van der Waals surface area contributed by atoms with Gasteiger partial charge in [-0.25, -0.2) is 4.21 Å². The summed E-state index contributed by atoms with van der Waals surface area (Å²) in [7, 11) is 0. The van der Waals surface area contributed by atoms with E-state index in [-0.39, 0.29) is 39.2 Å². The summed E-state index contributed by atoms with van der Waals surface area (Å²) in [6.45, 7) is 20.5. The molecule has 9 atom stereocenters. The van der Waals surface area contributed by atoms with Crippen LogP contribution in [0.25, 0.3) is 0 Å². The molecule has 0 spiro atoms. The third kappa shape index (κ3) is 5.14. The van der Waals surface area contributed by atoms with Crippen LogP contribution >= 0.6 is 0 Å². The van der Waals surface area contributed by atoms with Crippen molar-refractivity contribution in [2.75, 3.05) is 0 Å². The van der Waals surface area contributed by atoms with E-state index in [1.54, 1.807) is 12.2 Å². The predicted octanol–water partition coefficient (Wildman–Crippen LogP) is 9.24. The second-order valence-electron chi connectivity index (χ2n) is 14.4. The molecule has 0 bridgehead atoms. The highest BCUT2D eigenvalue weighted by Crippen LogP contribution is 2.76. The van der Waals surface area contributed by atoms with Crippen molar-refractivity contribution in [3.05, 3.63) is 24.5 Å². The van der Waals surface area contributed by atoms with Crippen LogP contribution in [0.1, 0.15) is 120 Å². The van der Waals surface area contributed by atoms with Gasteiger partial charge in [0.25, 0.3) is 0 Å². The molecule has 0 aliphatic heterocycles. The zero-order chi connectivity index (χ0) is 31.2. The van der Waals surface area contributed by atoms with Crippen molar-refractivity contribution in [1.82, 2.24) is 0 Å². The van der Waals surface area contributed by atoms with Crippen LogP contribution < -0.4 is 5.73 Å². The molecular weight excluding hydrogens is 547 g/mol. The molecule has 0 heterocycles. The molecule has 2 N–H and O–H groups in total. The largest absolute Gasteiger partial charge is 0.508 e. The second kappa shape index (κ2) is 11.6. The summed E-state index contributed by atoms with van der Waals surface area (Å²) in [5, 5.41) is 0. The molecule has 0 aromatic carbocycles. The van der Waals surface area contributed by atoms with Crippen molar-refractivity contribution < 1.29 is 26.4 Å². The number of carbonyl (C=O) groups excluding carboxylic acids is 1. The number of halogens is 3. The highest BCUT2D eigenvalue weighted by Gasteiger charge is 2.70. The molecule has 4 saturated carbocycles. The molecule has 8 unspecified atom stereocenters. The lowest BCUT2D eigenvalue weighted by Gasteiger charge is -2.71. The van der Waals surface area contributed by atoms with Crippen molar-refractivity contribution in [1.29, 1.82) is 0 Å². The van der Waals surface area contributed by atoms with Crippen molar-refractivity contribution in [3.63, 3.8) is 0 Å². The highest BCUT2D eigenvalue weighted by atomic mass is 32.2. The van der Waals surface area contributed by atoms with E-state index < -0.39 is 22.0 Å². The normalized spacial score (nSPS) is 43.0. The minimum Gasteiger partial charge on any atom is -0.398 e. The second-order valence-corrected chi connectivity index (χ2v) is 15.5. The SMILES string of the molecule is C=CC.CC.CC1(C)C(OS(=O)C(F)(F)F)=CCC2(C)C1CCC1(C)C2CCC2C3CCCC3(C(N)=O)CC[C@]21C.